The zero-order valence-electron chi connectivity index (χ0n) is 15.8. The molecule has 0 spiro atoms. The Balaban J connectivity index is 1.55. The molecule has 1 N–H and O–H groups in total. The molecule has 0 fully saturated rings. The molecule has 0 aliphatic rings. The Morgan fingerprint density at radius 2 is 1.71 bits per heavy atom. The number of nitrogens with zero attached hydrogens (tertiary/aromatic N) is 2. The molecule has 0 atom stereocenters. The van der Waals surface area contributed by atoms with Gasteiger partial charge in [-0.2, -0.15) is 0 Å². The van der Waals surface area contributed by atoms with Crippen LogP contribution < -0.4 is 5.32 Å². The van der Waals surface area contributed by atoms with E-state index in [2.05, 4.69) is 15.3 Å². The molecule has 0 saturated heterocycles. The second-order valence-corrected chi connectivity index (χ2v) is 7.40. The summed E-state index contributed by atoms with van der Waals surface area (Å²) in [6.45, 7) is 3.39. The smallest absolute Gasteiger partial charge is 0.225 e. The average molecular weight is 391 g/mol. The van der Waals surface area contributed by atoms with Crippen LogP contribution in [-0.2, 0) is 4.79 Å². The summed E-state index contributed by atoms with van der Waals surface area (Å²) in [5.41, 5.74) is 3.23. The Hall–Kier alpha value is -2.99. The maximum atomic E-state index is 12.2. The maximum Gasteiger partial charge on any atom is 0.225 e. The van der Waals surface area contributed by atoms with Crippen molar-refractivity contribution in [3.63, 3.8) is 0 Å². The predicted octanol–water partition coefficient (Wildman–Crippen LogP) is 4.78. The minimum absolute atomic E-state index is 0.00397. The van der Waals surface area contributed by atoms with Gasteiger partial charge in [0.2, 0.25) is 5.91 Å². The van der Waals surface area contributed by atoms with Crippen LogP contribution in [0.2, 0.25) is 0 Å². The second-order valence-electron chi connectivity index (χ2n) is 6.28. The predicted molar refractivity (Wildman–Crippen MR) is 113 cm³/mol. The summed E-state index contributed by atoms with van der Waals surface area (Å²) < 4.78 is 0. The van der Waals surface area contributed by atoms with E-state index in [4.69, 9.17) is 0 Å². The fraction of sp³-hybridized carbons (Fsp3) is 0.182. The highest BCUT2D eigenvalue weighted by atomic mass is 32.2. The van der Waals surface area contributed by atoms with Crippen molar-refractivity contribution >= 4 is 29.1 Å². The molecule has 0 bridgehead atoms. The van der Waals surface area contributed by atoms with Gasteiger partial charge in [-0.3, -0.25) is 9.59 Å². The van der Waals surface area contributed by atoms with Gasteiger partial charge in [0.05, 0.1) is 5.69 Å². The number of nitrogens with one attached hydrogen (secondary N) is 1. The van der Waals surface area contributed by atoms with Crippen LogP contribution >= 0.6 is 11.8 Å². The molecule has 0 unspecified atom stereocenters. The first-order valence-electron chi connectivity index (χ1n) is 8.96. The van der Waals surface area contributed by atoms with Gasteiger partial charge in [-0.25, -0.2) is 9.97 Å². The van der Waals surface area contributed by atoms with Crippen LogP contribution in [0.25, 0.3) is 11.3 Å². The highest BCUT2D eigenvalue weighted by Gasteiger charge is 2.08. The van der Waals surface area contributed by atoms with Gasteiger partial charge in [0.1, 0.15) is 10.9 Å². The van der Waals surface area contributed by atoms with Crippen LogP contribution in [0.1, 0.15) is 29.5 Å². The fourth-order valence-corrected chi connectivity index (χ4v) is 3.52. The van der Waals surface area contributed by atoms with E-state index in [9.17, 15) is 9.59 Å². The molecule has 6 heteroatoms. The molecule has 1 aromatic heterocycles. The second kappa shape index (κ2) is 9.28. The summed E-state index contributed by atoms with van der Waals surface area (Å²) in [5, 5.41) is 3.70. The number of hydrogen-bond acceptors (Lipinski definition) is 5. The fourth-order valence-electron chi connectivity index (χ4n) is 2.63. The lowest BCUT2D eigenvalue weighted by atomic mass is 10.1. The van der Waals surface area contributed by atoms with E-state index in [1.807, 2.05) is 43.3 Å². The summed E-state index contributed by atoms with van der Waals surface area (Å²) in [6.07, 6.45) is 0.364. The number of ketones is 1. The van der Waals surface area contributed by atoms with E-state index < -0.39 is 0 Å². The van der Waals surface area contributed by atoms with Gasteiger partial charge >= 0.3 is 0 Å². The molecule has 0 aliphatic carbocycles. The number of carbonyl (C=O) groups excluding carboxylic acids is 2. The van der Waals surface area contributed by atoms with Gasteiger partial charge in [-0.05, 0) is 44.2 Å². The largest absolute Gasteiger partial charge is 0.326 e. The highest BCUT2D eigenvalue weighted by molar-refractivity contribution is 7.99. The first-order valence-corrected chi connectivity index (χ1v) is 9.94. The summed E-state index contributed by atoms with van der Waals surface area (Å²) in [4.78, 5) is 32.4. The Morgan fingerprint density at radius 1 is 1.00 bits per heavy atom. The number of carbonyl (C=O) groups is 2. The lowest BCUT2D eigenvalue weighted by Gasteiger charge is -2.07. The van der Waals surface area contributed by atoms with Crippen molar-refractivity contribution in [3.05, 3.63) is 72.1 Å². The third-order valence-electron chi connectivity index (χ3n) is 4.04. The molecule has 1 amide bonds. The maximum absolute atomic E-state index is 12.2. The summed E-state index contributed by atoms with van der Waals surface area (Å²) in [5.74, 6) is 1.25. The van der Waals surface area contributed by atoms with Gasteiger partial charge < -0.3 is 5.32 Å². The van der Waals surface area contributed by atoms with Gasteiger partial charge in [0.25, 0.3) is 0 Å². The van der Waals surface area contributed by atoms with Crippen LogP contribution in [-0.4, -0.2) is 27.4 Å². The van der Waals surface area contributed by atoms with Crippen molar-refractivity contribution in [2.75, 3.05) is 11.1 Å². The van der Waals surface area contributed by atoms with Crippen LogP contribution in [0.15, 0.2) is 65.7 Å². The van der Waals surface area contributed by atoms with Crippen LogP contribution in [0, 0.1) is 6.92 Å². The Labute approximate surface area is 168 Å². The number of hydrogen-bond donors (Lipinski definition) is 1. The molecule has 142 valence electrons. The molecule has 0 aliphatic heterocycles. The van der Waals surface area contributed by atoms with Crippen molar-refractivity contribution in [1.82, 2.24) is 9.97 Å². The third kappa shape index (κ3) is 5.50. The normalized spacial score (nSPS) is 10.5. The zero-order chi connectivity index (χ0) is 19.9. The van der Waals surface area contributed by atoms with E-state index in [0.717, 1.165) is 16.3 Å². The van der Waals surface area contributed by atoms with Gasteiger partial charge in [0.15, 0.2) is 5.78 Å². The van der Waals surface area contributed by atoms with E-state index >= 15 is 0 Å². The quantitative estimate of drug-likeness (QED) is 0.357. The average Bonchev–Trinajstić information content (AvgIpc) is 2.68. The molecular weight excluding hydrogens is 370 g/mol. The molecule has 3 rings (SSSR count). The molecule has 0 saturated carbocycles. The number of aromatic nitrogens is 2. The molecule has 28 heavy (non-hydrogen) atoms. The zero-order valence-corrected chi connectivity index (χ0v) is 16.6. The molecular formula is C22H21N3O2S. The van der Waals surface area contributed by atoms with Crippen LogP contribution in [0.4, 0.5) is 5.69 Å². The number of thioether (sulfide) groups is 1. The van der Waals surface area contributed by atoms with E-state index in [-0.39, 0.29) is 11.7 Å². The lowest BCUT2D eigenvalue weighted by Crippen LogP contribution is -2.12. The monoisotopic (exact) mass is 391 g/mol. The minimum Gasteiger partial charge on any atom is -0.326 e. The highest BCUT2D eigenvalue weighted by Crippen LogP contribution is 2.23. The summed E-state index contributed by atoms with van der Waals surface area (Å²) in [7, 11) is 0. The topological polar surface area (TPSA) is 72.0 Å². The first kappa shape index (κ1) is 19.8. The van der Waals surface area contributed by atoms with Gasteiger partial charge in [-0.15, -0.1) is 11.8 Å². The van der Waals surface area contributed by atoms with Crippen molar-refractivity contribution in [2.24, 2.45) is 0 Å². The molecule has 0 radical (unpaired) electrons. The Morgan fingerprint density at radius 3 is 2.39 bits per heavy atom. The number of rotatable bonds is 7. The van der Waals surface area contributed by atoms with E-state index in [0.29, 0.717) is 29.2 Å². The molecule has 2 aromatic carbocycles. The molecule has 3 aromatic rings. The number of aryl methyl sites for hydroxylation is 1. The summed E-state index contributed by atoms with van der Waals surface area (Å²) in [6, 6.07) is 18.8. The van der Waals surface area contributed by atoms with Crippen LogP contribution in [0.3, 0.4) is 0 Å². The number of benzene rings is 2. The van der Waals surface area contributed by atoms with Gasteiger partial charge in [-0.1, -0.05) is 30.3 Å². The third-order valence-corrected chi connectivity index (χ3v) is 4.95. The molecule has 1 heterocycles. The number of anilines is 1. The Kier molecular flexibility index (Phi) is 6.55. The SMILES string of the molecule is CC(=O)c1ccc(NC(=O)CCSc2cc(-c3ccccc3)nc(C)n2)cc1. The number of amides is 1. The standard InChI is InChI=1S/C22H21N3O2S/c1-15(26)17-8-10-19(11-9-17)25-21(27)12-13-28-22-14-20(23-16(2)24-22)18-6-4-3-5-7-18/h3-11,14H,12-13H2,1-2H3,(H,25,27). The number of Topliss-reactive ketones (excluding diaryl/α,β-unsaturated/α-hetero) is 1. The Bertz CT molecular complexity index is 973. The van der Waals surface area contributed by atoms with Crippen LogP contribution in [0.5, 0.6) is 0 Å². The molecule has 5 nitrogen and oxygen atoms in total. The van der Waals surface area contributed by atoms with Crippen molar-refractivity contribution in [1.29, 1.82) is 0 Å². The minimum atomic E-state index is -0.0721. The van der Waals surface area contributed by atoms with Crippen molar-refractivity contribution < 1.29 is 9.59 Å². The van der Waals surface area contributed by atoms with Crippen molar-refractivity contribution in [2.45, 2.75) is 25.3 Å². The van der Waals surface area contributed by atoms with E-state index in [1.54, 1.807) is 24.3 Å². The first-order chi connectivity index (χ1) is 13.5. The summed E-state index contributed by atoms with van der Waals surface area (Å²) >= 11 is 1.53. The van der Waals surface area contributed by atoms with Gasteiger partial charge in [0, 0.05) is 29.0 Å². The van der Waals surface area contributed by atoms with E-state index in [1.165, 1.54) is 18.7 Å². The van der Waals surface area contributed by atoms with Crippen molar-refractivity contribution in [3.8, 4) is 11.3 Å². The lowest BCUT2D eigenvalue weighted by molar-refractivity contribution is -0.115.